The second kappa shape index (κ2) is 5.89. The molecule has 0 aliphatic carbocycles. The minimum absolute atomic E-state index is 0.00796. The zero-order valence-corrected chi connectivity index (χ0v) is 11.1. The van der Waals surface area contributed by atoms with Crippen LogP contribution in [0.3, 0.4) is 0 Å². The van der Waals surface area contributed by atoms with Gasteiger partial charge < -0.3 is 10.4 Å². The minimum atomic E-state index is -0.197. The maximum Gasteiger partial charge on any atom is 0.251 e. The van der Waals surface area contributed by atoms with Crippen molar-refractivity contribution >= 4 is 5.91 Å². The Bertz CT molecular complexity index is 687. The standard InChI is InChI=1S/C16H14N2O2/c1-11-3-2-4-13(7-11)16(20)18-10-14-6-5-12(9-17)8-15(14)19/h2-8,19H,10H2,1H3,(H,18,20). The maximum absolute atomic E-state index is 12.0. The van der Waals surface area contributed by atoms with Crippen molar-refractivity contribution < 1.29 is 9.90 Å². The first-order chi connectivity index (χ1) is 9.60. The van der Waals surface area contributed by atoms with Gasteiger partial charge in [-0.25, -0.2) is 0 Å². The Morgan fingerprint density at radius 1 is 1.30 bits per heavy atom. The van der Waals surface area contributed by atoms with Gasteiger partial charge in [0.05, 0.1) is 11.6 Å². The first-order valence-corrected chi connectivity index (χ1v) is 6.17. The number of aryl methyl sites for hydroxylation is 1. The lowest BCUT2D eigenvalue weighted by Crippen LogP contribution is -2.22. The minimum Gasteiger partial charge on any atom is -0.508 e. The number of benzene rings is 2. The monoisotopic (exact) mass is 266 g/mol. The molecule has 1 amide bonds. The molecule has 0 bridgehead atoms. The van der Waals surface area contributed by atoms with Gasteiger partial charge in [0.15, 0.2) is 0 Å². The number of phenols is 1. The number of rotatable bonds is 3. The Labute approximate surface area is 117 Å². The number of nitrogens with one attached hydrogen (secondary N) is 1. The summed E-state index contributed by atoms with van der Waals surface area (Å²) < 4.78 is 0. The topological polar surface area (TPSA) is 73.1 Å². The number of hydrogen-bond acceptors (Lipinski definition) is 3. The molecule has 2 rings (SSSR count). The average Bonchev–Trinajstić information content (AvgIpc) is 2.45. The summed E-state index contributed by atoms with van der Waals surface area (Å²) in [6.45, 7) is 2.13. The van der Waals surface area contributed by atoms with E-state index in [9.17, 15) is 9.90 Å². The summed E-state index contributed by atoms with van der Waals surface area (Å²) in [5.41, 5.74) is 2.55. The smallest absolute Gasteiger partial charge is 0.251 e. The lowest BCUT2D eigenvalue weighted by atomic mass is 10.1. The highest BCUT2D eigenvalue weighted by molar-refractivity contribution is 5.94. The van der Waals surface area contributed by atoms with E-state index in [1.54, 1.807) is 24.3 Å². The number of carbonyl (C=O) groups excluding carboxylic acids is 1. The number of nitriles is 1. The largest absolute Gasteiger partial charge is 0.508 e. The molecule has 0 atom stereocenters. The van der Waals surface area contributed by atoms with Crippen molar-refractivity contribution in [3.05, 3.63) is 64.7 Å². The van der Waals surface area contributed by atoms with Crippen LogP contribution >= 0.6 is 0 Å². The fourth-order valence-electron chi connectivity index (χ4n) is 1.85. The molecule has 4 heteroatoms. The summed E-state index contributed by atoms with van der Waals surface area (Å²) >= 11 is 0. The van der Waals surface area contributed by atoms with Crippen LogP contribution in [0.25, 0.3) is 0 Å². The van der Waals surface area contributed by atoms with Gasteiger partial charge in [0.1, 0.15) is 5.75 Å². The molecule has 0 saturated carbocycles. The zero-order valence-electron chi connectivity index (χ0n) is 11.1. The number of nitrogens with zero attached hydrogens (tertiary/aromatic N) is 1. The van der Waals surface area contributed by atoms with Gasteiger partial charge in [-0.2, -0.15) is 5.26 Å². The van der Waals surface area contributed by atoms with E-state index >= 15 is 0 Å². The molecular weight excluding hydrogens is 252 g/mol. The molecule has 0 heterocycles. The molecule has 0 unspecified atom stereocenters. The van der Waals surface area contributed by atoms with E-state index in [-0.39, 0.29) is 18.2 Å². The van der Waals surface area contributed by atoms with Gasteiger partial charge in [-0.1, -0.05) is 23.8 Å². The maximum atomic E-state index is 12.0. The van der Waals surface area contributed by atoms with E-state index < -0.39 is 0 Å². The van der Waals surface area contributed by atoms with Crippen LogP contribution in [0, 0.1) is 18.3 Å². The lowest BCUT2D eigenvalue weighted by molar-refractivity contribution is 0.0950. The van der Waals surface area contributed by atoms with Gasteiger partial charge in [0.2, 0.25) is 0 Å². The van der Waals surface area contributed by atoms with Gasteiger partial charge in [-0.15, -0.1) is 0 Å². The molecular formula is C16H14N2O2. The molecule has 0 spiro atoms. The fourth-order valence-corrected chi connectivity index (χ4v) is 1.85. The van der Waals surface area contributed by atoms with Crippen LogP contribution in [0.15, 0.2) is 42.5 Å². The van der Waals surface area contributed by atoms with Crippen LogP contribution in [0.2, 0.25) is 0 Å². The molecule has 100 valence electrons. The summed E-state index contributed by atoms with van der Waals surface area (Å²) in [5.74, 6) is -0.189. The third-order valence-electron chi connectivity index (χ3n) is 2.93. The molecule has 4 nitrogen and oxygen atoms in total. The van der Waals surface area contributed by atoms with E-state index in [1.807, 2.05) is 25.1 Å². The van der Waals surface area contributed by atoms with Gasteiger partial charge in [-0.3, -0.25) is 4.79 Å². The molecule has 2 aromatic rings. The quantitative estimate of drug-likeness (QED) is 0.896. The molecule has 2 aromatic carbocycles. The van der Waals surface area contributed by atoms with Crippen molar-refractivity contribution in [1.29, 1.82) is 5.26 Å². The Hall–Kier alpha value is -2.80. The van der Waals surface area contributed by atoms with Crippen molar-refractivity contribution in [3.63, 3.8) is 0 Å². The van der Waals surface area contributed by atoms with Gasteiger partial charge in [0, 0.05) is 17.7 Å². The first kappa shape index (κ1) is 13.6. The van der Waals surface area contributed by atoms with Gasteiger partial charge in [-0.05, 0) is 31.2 Å². The van der Waals surface area contributed by atoms with E-state index in [1.165, 1.54) is 6.07 Å². The van der Waals surface area contributed by atoms with Crippen LogP contribution in [0.1, 0.15) is 27.0 Å². The number of amides is 1. The summed E-state index contributed by atoms with van der Waals surface area (Å²) in [4.78, 5) is 12.0. The van der Waals surface area contributed by atoms with Gasteiger partial charge >= 0.3 is 0 Å². The Kier molecular flexibility index (Phi) is 4.02. The number of carbonyl (C=O) groups is 1. The zero-order chi connectivity index (χ0) is 14.5. The summed E-state index contributed by atoms with van der Waals surface area (Å²) in [6.07, 6.45) is 0. The fraction of sp³-hybridized carbons (Fsp3) is 0.125. The molecule has 0 fully saturated rings. The van der Waals surface area contributed by atoms with Crippen molar-refractivity contribution in [1.82, 2.24) is 5.32 Å². The third-order valence-corrected chi connectivity index (χ3v) is 2.93. The first-order valence-electron chi connectivity index (χ1n) is 6.17. The predicted octanol–water partition coefficient (Wildman–Crippen LogP) is 2.50. The number of aromatic hydroxyl groups is 1. The van der Waals surface area contributed by atoms with Crippen molar-refractivity contribution in [2.24, 2.45) is 0 Å². The SMILES string of the molecule is Cc1cccc(C(=O)NCc2ccc(C#N)cc2O)c1. The van der Waals surface area contributed by atoms with E-state index in [2.05, 4.69) is 5.32 Å². The lowest BCUT2D eigenvalue weighted by Gasteiger charge is -2.08. The van der Waals surface area contributed by atoms with E-state index in [0.717, 1.165) is 5.56 Å². The normalized spacial score (nSPS) is 9.80. The van der Waals surface area contributed by atoms with E-state index in [4.69, 9.17) is 5.26 Å². The molecule has 2 N–H and O–H groups in total. The predicted molar refractivity (Wildman–Crippen MR) is 75.2 cm³/mol. The highest BCUT2D eigenvalue weighted by Crippen LogP contribution is 2.18. The van der Waals surface area contributed by atoms with Gasteiger partial charge in [0.25, 0.3) is 5.91 Å². The Morgan fingerprint density at radius 2 is 2.10 bits per heavy atom. The highest BCUT2D eigenvalue weighted by Gasteiger charge is 2.07. The van der Waals surface area contributed by atoms with Crippen molar-refractivity contribution in [3.8, 4) is 11.8 Å². The Balaban J connectivity index is 2.06. The summed E-state index contributed by atoms with van der Waals surface area (Å²) in [7, 11) is 0. The molecule has 20 heavy (non-hydrogen) atoms. The second-order valence-electron chi connectivity index (χ2n) is 4.51. The van der Waals surface area contributed by atoms with Crippen LogP contribution < -0.4 is 5.32 Å². The van der Waals surface area contributed by atoms with E-state index in [0.29, 0.717) is 16.7 Å². The molecule has 0 radical (unpaired) electrons. The molecule has 0 saturated heterocycles. The molecule has 0 aliphatic rings. The van der Waals surface area contributed by atoms with Crippen molar-refractivity contribution in [2.75, 3.05) is 0 Å². The summed E-state index contributed by atoms with van der Waals surface area (Å²) in [5, 5.41) is 21.2. The van der Waals surface area contributed by atoms with Crippen molar-refractivity contribution in [2.45, 2.75) is 13.5 Å². The van der Waals surface area contributed by atoms with Crippen LogP contribution in [-0.4, -0.2) is 11.0 Å². The molecule has 0 aliphatic heterocycles. The second-order valence-corrected chi connectivity index (χ2v) is 4.51. The van der Waals surface area contributed by atoms with Crippen LogP contribution in [0.4, 0.5) is 0 Å². The number of phenolic OH excluding ortho intramolecular Hbond substituents is 1. The van der Waals surface area contributed by atoms with Crippen LogP contribution in [-0.2, 0) is 6.54 Å². The highest BCUT2D eigenvalue weighted by atomic mass is 16.3. The summed E-state index contributed by atoms with van der Waals surface area (Å²) in [6, 6.07) is 13.8. The Morgan fingerprint density at radius 3 is 2.75 bits per heavy atom. The molecule has 0 aromatic heterocycles. The average molecular weight is 266 g/mol. The van der Waals surface area contributed by atoms with Crippen LogP contribution in [0.5, 0.6) is 5.75 Å². The third kappa shape index (κ3) is 3.15. The number of hydrogen-bond donors (Lipinski definition) is 2.